The smallest absolute Gasteiger partial charge is 0.317 e. The molecule has 2 heterocycles. The van der Waals surface area contributed by atoms with E-state index in [0.717, 1.165) is 22.4 Å². The summed E-state index contributed by atoms with van der Waals surface area (Å²) in [5.41, 5.74) is 1.07. The van der Waals surface area contributed by atoms with Crippen molar-refractivity contribution in [3.05, 3.63) is 27.6 Å². The quantitative estimate of drug-likeness (QED) is 0.659. The monoisotopic (exact) mass is 303 g/mol. The molecule has 5 heteroatoms. The number of urea groups is 1. The first-order chi connectivity index (χ1) is 6.75. The van der Waals surface area contributed by atoms with Gasteiger partial charge in [0.2, 0.25) is 0 Å². The van der Waals surface area contributed by atoms with Crippen molar-refractivity contribution in [2.24, 2.45) is 0 Å². The zero-order valence-electron chi connectivity index (χ0n) is 7.53. The Kier molecular flexibility index (Phi) is 2.85. The first-order valence-electron chi connectivity index (χ1n) is 4.39. The minimum absolute atomic E-state index is 0.0172. The third-order valence-corrected chi connectivity index (χ3v) is 2.75. The maximum Gasteiger partial charge on any atom is 0.317 e. The molecule has 1 aliphatic heterocycles. The summed E-state index contributed by atoms with van der Waals surface area (Å²) in [5.74, 6) is 0. The lowest BCUT2D eigenvalue weighted by molar-refractivity contribution is 0.215. The summed E-state index contributed by atoms with van der Waals surface area (Å²) in [4.78, 5) is 17.2. The third-order valence-electron chi connectivity index (χ3n) is 2.11. The Labute approximate surface area is 95.8 Å². The van der Waals surface area contributed by atoms with Gasteiger partial charge in [-0.3, -0.25) is 0 Å². The van der Waals surface area contributed by atoms with Gasteiger partial charge in [-0.1, -0.05) is 6.07 Å². The molecule has 0 unspecified atom stereocenters. The molecule has 1 saturated heterocycles. The van der Waals surface area contributed by atoms with Crippen LogP contribution in [-0.4, -0.2) is 29.0 Å². The number of aromatic nitrogens is 1. The Morgan fingerprint density at radius 1 is 1.57 bits per heavy atom. The number of carbonyl (C=O) groups is 1. The molecule has 1 aromatic heterocycles. The number of rotatable bonds is 2. The molecule has 4 nitrogen and oxygen atoms in total. The van der Waals surface area contributed by atoms with Crippen LogP contribution in [0.25, 0.3) is 0 Å². The Bertz CT molecular complexity index is 338. The molecule has 74 valence electrons. The zero-order valence-corrected chi connectivity index (χ0v) is 9.69. The Hall–Kier alpha value is -0.850. The average molecular weight is 303 g/mol. The van der Waals surface area contributed by atoms with Crippen LogP contribution in [0, 0.1) is 3.70 Å². The second-order valence-electron chi connectivity index (χ2n) is 3.14. The van der Waals surface area contributed by atoms with E-state index >= 15 is 0 Å². The van der Waals surface area contributed by atoms with Crippen molar-refractivity contribution in [3.63, 3.8) is 0 Å². The van der Waals surface area contributed by atoms with Gasteiger partial charge < -0.3 is 10.2 Å². The lowest BCUT2D eigenvalue weighted by atomic mass is 10.3. The van der Waals surface area contributed by atoms with Gasteiger partial charge in [0.25, 0.3) is 0 Å². The molecule has 1 aromatic rings. The predicted octanol–water partition coefficient (Wildman–Crippen LogP) is 1.21. The summed E-state index contributed by atoms with van der Waals surface area (Å²) in [7, 11) is 0. The van der Waals surface area contributed by atoms with Gasteiger partial charge in [0, 0.05) is 25.8 Å². The fourth-order valence-corrected chi connectivity index (χ4v) is 1.70. The minimum atomic E-state index is 0.0172. The van der Waals surface area contributed by atoms with Gasteiger partial charge in [0.05, 0.1) is 0 Å². The van der Waals surface area contributed by atoms with E-state index in [1.165, 1.54) is 0 Å². The summed E-state index contributed by atoms with van der Waals surface area (Å²) >= 11 is 2.16. The molecule has 1 aliphatic rings. The Morgan fingerprint density at radius 2 is 2.43 bits per heavy atom. The molecule has 0 radical (unpaired) electrons. The first-order valence-corrected chi connectivity index (χ1v) is 5.47. The van der Waals surface area contributed by atoms with Crippen molar-refractivity contribution < 1.29 is 4.79 Å². The van der Waals surface area contributed by atoms with Crippen LogP contribution in [0.4, 0.5) is 4.79 Å². The second-order valence-corrected chi connectivity index (χ2v) is 4.25. The number of nitrogens with one attached hydrogen (secondary N) is 1. The first kappa shape index (κ1) is 9.70. The molecule has 0 spiro atoms. The van der Waals surface area contributed by atoms with Gasteiger partial charge in [-0.2, -0.15) is 0 Å². The third kappa shape index (κ3) is 2.14. The largest absolute Gasteiger partial charge is 0.336 e. The Morgan fingerprint density at radius 3 is 3.00 bits per heavy atom. The summed E-state index contributed by atoms with van der Waals surface area (Å²) in [6, 6.07) is 3.97. The van der Waals surface area contributed by atoms with E-state index in [-0.39, 0.29) is 6.03 Å². The number of hydrogen-bond donors (Lipinski definition) is 1. The van der Waals surface area contributed by atoms with E-state index in [2.05, 4.69) is 32.9 Å². The van der Waals surface area contributed by atoms with E-state index in [0.29, 0.717) is 6.54 Å². The number of carbonyl (C=O) groups excluding carboxylic acids is 1. The lowest BCUT2D eigenvalue weighted by Gasteiger charge is -2.13. The molecule has 14 heavy (non-hydrogen) atoms. The van der Waals surface area contributed by atoms with E-state index in [9.17, 15) is 4.79 Å². The van der Waals surface area contributed by atoms with E-state index in [1.807, 2.05) is 18.3 Å². The molecule has 0 aliphatic carbocycles. The molecule has 0 atom stereocenters. The van der Waals surface area contributed by atoms with Crippen LogP contribution in [0.3, 0.4) is 0 Å². The van der Waals surface area contributed by atoms with Crippen molar-refractivity contribution >= 4 is 28.6 Å². The van der Waals surface area contributed by atoms with Gasteiger partial charge in [0.15, 0.2) is 0 Å². The van der Waals surface area contributed by atoms with Crippen molar-refractivity contribution in [2.45, 2.75) is 6.54 Å². The Balaban J connectivity index is 2.03. The molecule has 0 saturated carbocycles. The highest BCUT2D eigenvalue weighted by Crippen LogP contribution is 2.08. The van der Waals surface area contributed by atoms with Gasteiger partial charge in [0.1, 0.15) is 3.70 Å². The number of amides is 2. The van der Waals surface area contributed by atoms with Crippen molar-refractivity contribution in [3.8, 4) is 0 Å². The lowest BCUT2D eigenvalue weighted by Crippen LogP contribution is -2.27. The second kappa shape index (κ2) is 4.12. The highest BCUT2D eigenvalue weighted by Gasteiger charge is 2.18. The maximum atomic E-state index is 11.2. The summed E-state index contributed by atoms with van der Waals surface area (Å²) in [6.45, 7) is 2.18. The fourth-order valence-electron chi connectivity index (χ4n) is 1.38. The highest BCUT2D eigenvalue weighted by atomic mass is 127. The van der Waals surface area contributed by atoms with E-state index in [4.69, 9.17) is 0 Å². The van der Waals surface area contributed by atoms with Gasteiger partial charge in [-0.05, 0) is 34.2 Å². The summed E-state index contributed by atoms with van der Waals surface area (Å²) in [6.07, 6.45) is 1.81. The predicted molar refractivity (Wildman–Crippen MR) is 60.8 cm³/mol. The summed E-state index contributed by atoms with van der Waals surface area (Å²) in [5, 5.41) is 2.77. The molecule has 0 aromatic carbocycles. The molecular formula is C9H10IN3O. The zero-order chi connectivity index (χ0) is 9.97. The minimum Gasteiger partial charge on any atom is -0.336 e. The number of halogens is 1. The van der Waals surface area contributed by atoms with Crippen LogP contribution in [0.5, 0.6) is 0 Å². The van der Waals surface area contributed by atoms with Crippen LogP contribution >= 0.6 is 22.6 Å². The normalized spacial score (nSPS) is 15.8. The van der Waals surface area contributed by atoms with Crippen LogP contribution < -0.4 is 5.32 Å². The van der Waals surface area contributed by atoms with Crippen molar-refractivity contribution in [2.75, 3.05) is 13.1 Å². The molecule has 1 fully saturated rings. The van der Waals surface area contributed by atoms with Crippen LogP contribution in [0.15, 0.2) is 18.3 Å². The number of nitrogens with zero attached hydrogens (tertiary/aromatic N) is 2. The molecule has 0 bridgehead atoms. The van der Waals surface area contributed by atoms with Crippen LogP contribution in [0.1, 0.15) is 5.56 Å². The molecule has 1 N–H and O–H groups in total. The fraction of sp³-hybridized carbons (Fsp3) is 0.333. The molecule has 2 rings (SSSR count). The number of hydrogen-bond acceptors (Lipinski definition) is 2. The number of pyridine rings is 1. The van der Waals surface area contributed by atoms with Crippen LogP contribution in [-0.2, 0) is 6.54 Å². The van der Waals surface area contributed by atoms with Crippen molar-refractivity contribution in [1.82, 2.24) is 15.2 Å². The van der Waals surface area contributed by atoms with Gasteiger partial charge in [-0.15, -0.1) is 0 Å². The average Bonchev–Trinajstić information content (AvgIpc) is 2.56. The van der Waals surface area contributed by atoms with Crippen LogP contribution in [0.2, 0.25) is 0 Å². The molecular weight excluding hydrogens is 293 g/mol. The standard InChI is InChI=1S/C9H10IN3O/c10-8-2-1-7(5-12-8)6-13-4-3-11-9(13)14/h1-2,5H,3-4,6H2,(H,11,14). The van der Waals surface area contributed by atoms with E-state index < -0.39 is 0 Å². The van der Waals surface area contributed by atoms with E-state index in [1.54, 1.807) is 4.90 Å². The van der Waals surface area contributed by atoms with Gasteiger partial charge >= 0.3 is 6.03 Å². The summed E-state index contributed by atoms with van der Waals surface area (Å²) < 4.78 is 0.970. The topological polar surface area (TPSA) is 45.2 Å². The van der Waals surface area contributed by atoms with Gasteiger partial charge in [-0.25, -0.2) is 9.78 Å². The molecule has 2 amide bonds. The maximum absolute atomic E-state index is 11.2. The van der Waals surface area contributed by atoms with Crippen molar-refractivity contribution in [1.29, 1.82) is 0 Å². The SMILES string of the molecule is O=C1NCCN1Cc1ccc(I)nc1. The highest BCUT2D eigenvalue weighted by molar-refractivity contribution is 14.1.